The maximum absolute atomic E-state index is 13.2. The van der Waals surface area contributed by atoms with Gasteiger partial charge in [-0.1, -0.05) is 23.2 Å². The fourth-order valence-electron chi connectivity index (χ4n) is 4.08. The standard InChI is InChI=1S/C22H26Cl2N6O.C3H8O/c1-13-14(10-25)8-20(17-6-5-15(23)9-18(17)24)30-12-19(28-22(30)27-13)21(31)29-7-3-4-16(11-29)26-2;1-3-4-2/h5-6,8-9,12,14,16,26H,3-4,7,10-11,25H2,1-2H3;3H2,1-2H3/t14?,16-;/m1./s1. The predicted octanol–water partition coefficient (Wildman–Crippen LogP) is 4.24. The maximum atomic E-state index is 13.2. The topological polar surface area (TPSA) is 97.8 Å². The van der Waals surface area contributed by atoms with Crippen LogP contribution in [0.25, 0.3) is 5.70 Å². The molecule has 1 unspecified atom stereocenters. The van der Waals surface area contributed by atoms with Crippen LogP contribution in [-0.2, 0) is 4.74 Å². The number of piperidine rings is 1. The van der Waals surface area contributed by atoms with E-state index in [1.165, 1.54) is 0 Å². The van der Waals surface area contributed by atoms with Gasteiger partial charge >= 0.3 is 0 Å². The summed E-state index contributed by atoms with van der Waals surface area (Å²) in [5.74, 6) is 0.280. The second-order valence-corrected chi connectivity index (χ2v) is 9.37. The van der Waals surface area contributed by atoms with Crippen LogP contribution in [0.1, 0.15) is 42.7 Å². The SMILES string of the molecule is CCOC.CN[C@@H]1CCCN(C(=O)c2cn3c(n2)N=C(C)C(CN)C=C3c2ccc(Cl)cc2Cl)C1. The van der Waals surface area contributed by atoms with Crippen molar-refractivity contribution < 1.29 is 9.53 Å². The van der Waals surface area contributed by atoms with Gasteiger partial charge in [-0.2, -0.15) is 0 Å². The number of methoxy groups -OCH3 is 1. The van der Waals surface area contributed by atoms with E-state index in [4.69, 9.17) is 28.9 Å². The van der Waals surface area contributed by atoms with Gasteiger partial charge in [-0.25, -0.2) is 9.98 Å². The number of fused-ring (bicyclic) bond motifs is 1. The molecular formula is C25H34Cl2N6O2. The number of nitrogens with zero attached hydrogens (tertiary/aromatic N) is 4. The van der Waals surface area contributed by atoms with Crippen LogP contribution in [-0.4, -0.2) is 72.5 Å². The minimum Gasteiger partial charge on any atom is -0.385 e. The molecule has 190 valence electrons. The first-order valence-electron chi connectivity index (χ1n) is 11.8. The van der Waals surface area contributed by atoms with E-state index >= 15 is 0 Å². The molecule has 0 aliphatic carbocycles. The van der Waals surface area contributed by atoms with Gasteiger partial charge in [-0.15, -0.1) is 0 Å². The Balaban J connectivity index is 0.000000795. The predicted molar refractivity (Wildman–Crippen MR) is 143 cm³/mol. The maximum Gasteiger partial charge on any atom is 0.274 e. The number of likely N-dealkylation sites (tertiary alicyclic amines) is 1. The molecule has 1 aromatic carbocycles. The first kappa shape index (κ1) is 27.4. The molecule has 1 saturated heterocycles. The van der Waals surface area contributed by atoms with E-state index in [0.717, 1.165) is 43.0 Å². The molecule has 0 spiro atoms. The van der Waals surface area contributed by atoms with Crippen molar-refractivity contribution in [2.45, 2.75) is 32.7 Å². The van der Waals surface area contributed by atoms with E-state index in [2.05, 4.69) is 20.0 Å². The molecular weight excluding hydrogens is 487 g/mol. The molecule has 8 nitrogen and oxygen atoms in total. The van der Waals surface area contributed by atoms with Crippen molar-refractivity contribution in [3.05, 3.63) is 51.8 Å². The first-order valence-corrected chi connectivity index (χ1v) is 12.6. The Morgan fingerprint density at radius 1 is 1.34 bits per heavy atom. The minimum absolute atomic E-state index is 0.0684. The van der Waals surface area contributed by atoms with Gasteiger partial charge in [0.05, 0.1) is 10.7 Å². The Hall–Kier alpha value is -2.23. The largest absolute Gasteiger partial charge is 0.385 e. The molecule has 2 aromatic rings. The molecule has 1 aromatic heterocycles. The number of amides is 1. The van der Waals surface area contributed by atoms with Crippen LogP contribution < -0.4 is 11.1 Å². The number of nitrogens with two attached hydrogens (primary N) is 1. The van der Waals surface area contributed by atoms with Gasteiger partial charge in [-0.05, 0) is 58.0 Å². The van der Waals surface area contributed by atoms with E-state index in [9.17, 15) is 4.79 Å². The van der Waals surface area contributed by atoms with Crippen molar-refractivity contribution in [2.24, 2.45) is 16.6 Å². The summed E-state index contributed by atoms with van der Waals surface area (Å²) in [5, 5.41) is 4.33. The lowest BCUT2D eigenvalue weighted by molar-refractivity contribution is 0.0693. The van der Waals surface area contributed by atoms with E-state index in [0.29, 0.717) is 40.8 Å². The number of aromatic nitrogens is 2. The highest BCUT2D eigenvalue weighted by atomic mass is 35.5. The highest BCUT2D eigenvalue weighted by Crippen LogP contribution is 2.34. The van der Waals surface area contributed by atoms with Crippen molar-refractivity contribution in [3.8, 4) is 0 Å². The Bertz CT molecular complexity index is 1100. The quantitative estimate of drug-likeness (QED) is 0.614. The van der Waals surface area contributed by atoms with E-state index < -0.39 is 0 Å². The average Bonchev–Trinajstić information content (AvgIpc) is 3.22. The summed E-state index contributed by atoms with van der Waals surface area (Å²) >= 11 is 12.6. The van der Waals surface area contributed by atoms with Crippen molar-refractivity contribution in [3.63, 3.8) is 0 Å². The lowest BCUT2D eigenvalue weighted by Crippen LogP contribution is -2.47. The zero-order valence-corrected chi connectivity index (χ0v) is 22.2. The van der Waals surface area contributed by atoms with Crippen LogP contribution in [0.3, 0.4) is 0 Å². The average molecular weight is 521 g/mol. The summed E-state index contributed by atoms with van der Waals surface area (Å²) < 4.78 is 6.36. The highest BCUT2D eigenvalue weighted by molar-refractivity contribution is 6.35. The number of rotatable bonds is 5. The van der Waals surface area contributed by atoms with Crippen LogP contribution in [0.2, 0.25) is 10.0 Å². The molecule has 1 fully saturated rings. The lowest BCUT2D eigenvalue weighted by Gasteiger charge is -2.32. The van der Waals surface area contributed by atoms with Gasteiger partial charge in [0.2, 0.25) is 5.95 Å². The molecule has 2 aliphatic rings. The third-order valence-electron chi connectivity index (χ3n) is 6.20. The monoisotopic (exact) mass is 520 g/mol. The zero-order chi connectivity index (χ0) is 25.5. The fraction of sp³-hybridized carbons (Fsp3) is 0.480. The molecule has 4 rings (SSSR count). The number of benzene rings is 1. The summed E-state index contributed by atoms with van der Waals surface area (Å²) in [4.78, 5) is 24.3. The Kier molecular flexibility index (Phi) is 9.89. The third kappa shape index (κ3) is 6.51. The number of imidazole rings is 1. The normalized spacial score (nSPS) is 19.7. The molecule has 0 bridgehead atoms. The van der Waals surface area contributed by atoms with Crippen molar-refractivity contribution in [1.82, 2.24) is 19.8 Å². The second kappa shape index (κ2) is 12.6. The number of hydrogen-bond acceptors (Lipinski definition) is 6. The molecule has 2 atom stereocenters. The number of halogens is 2. The molecule has 0 radical (unpaired) electrons. The van der Waals surface area contributed by atoms with Gasteiger partial charge in [0.25, 0.3) is 5.91 Å². The summed E-state index contributed by atoms with van der Waals surface area (Å²) in [7, 11) is 3.61. The molecule has 35 heavy (non-hydrogen) atoms. The van der Waals surface area contributed by atoms with Gasteiger partial charge < -0.3 is 20.7 Å². The van der Waals surface area contributed by atoms with Crippen molar-refractivity contribution >= 4 is 46.5 Å². The van der Waals surface area contributed by atoms with Gasteiger partial charge in [-0.3, -0.25) is 9.36 Å². The number of nitrogens with one attached hydrogen (secondary N) is 1. The van der Waals surface area contributed by atoms with Gasteiger partial charge in [0.1, 0.15) is 5.69 Å². The highest BCUT2D eigenvalue weighted by Gasteiger charge is 2.28. The summed E-state index contributed by atoms with van der Waals surface area (Å²) in [6, 6.07) is 5.64. The van der Waals surface area contributed by atoms with E-state index in [1.807, 2.05) is 42.5 Å². The lowest BCUT2D eigenvalue weighted by atomic mass is 10.0. The molecule has 2 aliphatic heterocycles. The number of likely N-dealkylation sites (N-methyl/N-ethyl adjacent to an activating group) is 1. The minimum atomic E-state index is -0.0923. The van der Waals surface area contributed by atoms with Gasteiger partial charge in [0.15, 0.2) is 0 Å². The van der Waals surface area contributed by atoms with Crippen LogP contribution in [0.4, 0.5) is 5.95 Å². The fourth-order valence-corrected chi connectivity index (χ4v) is 4.58. The van der Waals surface area contributed by atoms with Crippen molar-refractivity contribution in [2.75, 3.05) is 40.4 Å². The van der Waals surface area contributed by atoms with E-state index in [-0.39, 0.29) is 11.8 Å². The third-order valence-corrected chi connectivity index (χ3v) is 6.75. The molecule has 3 heterocycles. The molecule has 1 amide bonds. The number of aliphatic imine (C=N–C) groups is 1. The van der Waals surface area contributed by atoms with E-state index in [1.54, 1.807) is 25.4 Å². The van der Waals surface area contributed by atoms with Crippen LogP contribution >= 0.6 is 23.2 Å². The summed E-state index contributed by atoms with van der Waals surface area (Å²) in [6.07, 6.45) is 5.79. The molecule has 0 saturated carbocycles. The Labute approximate surface area is 217 Å². The van der Waals surface area contributed by atoms with Crippen LogP contribution in [0.15, 0.2) is 35.5 Å². The summed E-state index contributed by atoms with van der Waals surface area (Å²) in [5.41, 5.74) is 8.76. The number of ether oxygens (including phenoxy) is 1. The molecule has 10 heteroatoms. The Morgan fingerprint density at radius 3 is 2.71 bits per heavy atom. The van der Waals surface area contributed by atoms with Crippen LogP contribution in [0.5, 0.6) is 0 Å². The van der Waals surface area contributed by atoms with Crippen LogP contribution in [0, 0.1) is 5.92 Å². The van der Waals surface area contributed by atoms with Gasteiger partial charge in [0, 0.05) is 67.8 Å². The smallest absolute Gasteiger partial charge is 0.274 e. The molecule has 3 N–H and O–H groups in total. The van der Waals surface area contributed by atoms with Crippen molar-refractivity contribution in [1.29, 1.82) is 0 Å². The summed E-state index contributed by atoms with van der Waals surface area (Å²) in [6.45, 7) is 6.49. The second-order valence-electron chi connectivity index (χ2n) is 8.52. The first-order chi connectivity index (χ1) is 16.8. The number of carbonyl (C=O) groups excluding carboxylic acids is 1. The number of carbonyl (C=O) groups is 1. The zero-order valence-electron chi connectivity index (χ0n) is 20.7. The number of hydrogen-bond donors (Lipinski definition) is 2. The Morgan fingerprint density at radius 2 is 2.09 bits per heavy atom.